The highest BCUT2D eigenvalue weighted by molar-refractivity contribution is 7.13. The maximum absolute atomic E-state index is 11.8. The Labute approximate surface area is 112 Å². The summed E-state index contributed by atoms with van der Waals surface area (Å²) in [5, 5.41) is 16.5. The number of carbonyl (C=O) groups is 1. The van der Waals surface area contributed by atoms with Crippen molar-refractivity contribution in [3.05, 3.63) is 28.4 Å². The molecule has 0 atom stereocenters. The fourth-order valence-electron chi connectivity index (χ4n) is 1.21. The lowest BCUT2D eigenvalue weighted by atomic mass is 10.4. The van der Waals surface area contributed by atoms with Crippen LogP contribution in [0.3, 0.4) is 0 Å². The number of rotatable bonds is 5. The zero-order chi connectivity index (χ0) is 13.0. The quantitative estimate of drug-likeness (QED) is 0.783. The monoisotopic (exact) mass is 287 g/mol. The maximum Gasteiger partial charge on any atom is 0.293 e. The second kappa shape index (κ2) is 5.85. The summed E-state index contributed by atoms with van der Waals surface area (Å²) in [6, 6.07) is 1.41. The Kier molecular flexibility index (Phi) is 4.19. The second-order valence-corrected chi connectivity index (χ2v) is 4.53. The van der Waals surface area contributed by atoms with Gasteiger partial charge in [0.25, 0.3) is 5.91 Å². The summed E-state index contributed by atoms with van der Waals surface area (Å²) in [6.45, 7) is 0.235. The minimum Gasteiger partial charge on any atom is -0.434 e. The molecule has 0 aliphatic rings. The molecule has 96 valence electrons. The molecule has 8 heteroatoms. The average molecular weight is 288 g/mol. The molecule has 18 heavy (non-hydrogen) atoms. The Morgan fingerprint density at radius 3 is 3.11 bits per heavy atom. The third-order valence-corrected chi connectivity index (χ3v) is 2.93. The van der Waals surface area contributed by atoms with Crippen LogP contribution in [0.4, 0.5) is 11.0 Å². The highest BCUT2D eigenvalue weighted by atomic mass is 35.5. The summed E-state index contributed by atoms with van der Waals surface area (Å²) in [5.74, 6) is -0.0884. The van der Waals surface area contributed by atoms with Crippen LogP contribution in [-0.2, 0) is 0 Å². The summed E-state index contributed by atoms with van der Waals surface area (Å²) in [4.78, 5) is 15.7. The fourth-order valence-corrected chi connectivity index (χ4v) is 1.94. The van der Waals surface area contributed by atoms with E-state index < -0.39 is 5.91 Å². The van der Waals surface area contributed by atoms with Crippen LogP contribution in [0.25, 0.3) is 0 Å². The van der Waals surface area contributed by atoms with Gasteiger partial charge in [0.05, 0.1) is 6.61 Å². The van der Waals surface area contributed by atoms with Crippen molar-refractivity contribution in [2.45, 2.75) is 0 Å². The number of thiazole rings is 1. The predicted molar refractivity (Wildman–Crippen MR) is 69.4 cm³/mol. The first-order chi connectivity index (χ1) is 8.70. The van der Waals surface area contributed by atoms with Gasteiger partial charge in [0.1, 0.15) is 5.02 Å². The number of amides is 1. The SMILES string of the molecule is O=C(Nc1nccs1)c1cc(Cl)c(NCCO)o1. The van der Waals surface area contributed by atoms with Gasteiger partial charge in [-0.3, -0.25) is 10.1 Å². The first-order valence-corrected chi connectivity index (χ1v) is 6.31. The van der Waals surface area contributed by atoms with Gasteiger partial charge in [-0.2, -0.15) is 0 Å². The first kappa shape index (κ1) is 12.9. The van der Waals surface area contributed by atoms with E-state index in [0.29, 0.717) is 11.7 Å². The Balaban J connectivity index is 2.06. The van der Waals surface area contributed by atoms with E-state index in [1.165, 1.54) is 17.4 Å². The first-order valence-electron chi connectivity index (χ1n) is 5.05. The molecular weight excluding hydrogens is 278 g/mol. The van der Waals surface area contributed by atoms with Crippen molar-refractivity contribution in [2.75, 3.05) is 23.8 Å². The lowest BCUT2D eigenvalue weighted by Crippen LogP contribution is -2.10. The molecule has 0 radical (unpaired) electrons. The Morgan fingerprint density at radius 2 is 2.44 bits per heavy atom. The summed E-state index contributed by atoms with van der Waals surface area (Å²) < 4.78 is 5.24. The minimum absolute atomic E-state index is 0.0579. The number of anilines is 2. The highest BCUT2D eigenvalue weighted by Gasteiger charge is 2.16. The lowest BCUT2D eigenvalue weighted by molar-refractivity contribution is 0.0997. The molecule has 0 saturated carbocycles. The minimum atomic E-state index is -0.427. The third kappa shape index (κ3) is 3.00. The van der Waals surface area contributed by atoms with E-state index in [4.69, 9.17) is 21.1 Å². The van der Waals surface area contributed by atoms with E-state index in [0.717, 1.165) is 0 Å². The number of aliphatic hydroxyl groups is 1. The summed E-state index contributed by atoms with van der Waals surface area (Å²) in [5.41, 5.74) is 0. The number of aromatic nitrogens is 1. The van der Waals surface area contributed by atoms with Crippen LogP contribution >= 0.6 is 22.9 Å². The molecule has 2 aromatic heterocycles. The smallest absolute Gasteiger partial charge is 0.293 e. The maximum atomic E-state index is 11.8. The van der Waals surface area contributed by atoms with Gasteiger partial charge >= 0.3 is 0 Å². The van der Waals surface area contributed by atoms with Gasteiger partial charge in [-0.1, -0.05) is 11.6 Å². The molecule has 2 rings (SSSR count). The molecule has 0 unspecified atom stereocenters. The van der Waals surface area contributed by atoms with E-state index in [-0.39, 0.29) is 23.3 Å². The fraction of sp³-hybridized carbons (Fsp3) is 0.200. The lowest BCUT2D eigenvalue weighted by Gasteiger charge is -2.00. The number of nitrogens with one attached hydrogen (secondary N) is 2. The molecule has 1 amide bonds. The number of aliphatic hydroxyl groups excluding tert-OH is 1. The van der Waals surface area contributed by atoms with Crippen LogP contribution in [0, 0.1) is 0 Å². The van der Waals surface area contributed by atoms with Gasteiger partial charge in [0.15, 0.2) is 10.9 Å². The van der Waals surface area contributed by atoms with Gasteiger partial charge in [0.2, 0.25) is 5.88 Å². The van der Waals surface area contributed by atoms with Crippen molar-refractivity contribution < 1.29 is 14.3 Å². The van der Waals surface area contributed by atoms with Crippen LogP contribution in [0.15, 0.2) is 22.1 Å². The zero-order valence-corrected chi connectivity index (χ0v) is 10.7. The van der Waals surface area contributed by atoms with Gasteiger partial charge in [-0.25, -0.2) is 4.98 Å². The molecule has 2 aromatic rings. The summed E-state index contributed by atoms with van der Waals surface area (Å²) in [7, 11) is 0. The molecule has 0 aromatic carbocycles. The van der Waals surface area contributed by atoms with Crippen molar-refractivity contribution in [3.63, 3.8) is 0 Å². The number of hydrogen-bond donors (Lipinski definition) is 3. The highest BCUT2D eigenvalue weighted by Crippen LogP contribution is 2.26. The van der Waals surface area contributed by atoms with Crippen molar-refractivity contribution in [3.8, 4) is 0 Å². The average Bonchev–Trinajstić information content (AvgIpc) is 2.96. The van der Waals surface area contributed by atoms with E-state index in [1.54, 1.807) is 11.6 Å². The van der Waals surface area contributed by atoms with Gasteiger partial charge in [-0.15, -0.1) is 11.3 Å². The van der Waals surface area contributed by atoms with E-state index in [2.05, 4.69) is 15.6 Å². The molecule has 0 saturated heterocycles. The second-order valence-electron chi connectivity index (χ2n) is 3.23. The predicted octanol–water partition coefficient (Wildman–Crippen LogP) is 2.05. The number of carbonyl (C=O) groups excluding carboxylic acids is 1. The summed E-state index contributed by atoms with van der Waals surface area (Å²) in [6.07, 6.45) is 1.59. The normalized spacial score (nSPS) is 10.3. The molecule has 6 nitrogen and oxygen atoms in total. The molecule has 3 N–H and O–H groups in total. The van der Waals surface area contributed by atoms with Crippen molar-refractivity contribution in [1.82, 2.24) is 4.98 Å². The molecular formula is C10H10ClN3O3S. The third-order valence-electron chi connectivity index (χ3n) is 1.96. The molecule has 0 fully saturated rings. The number of nitrogens with zero attached hydrogens (tertiary/aromatic N) is 1. The molecule has 2 heterocycles. The van der Waals surface area contributed by atoms with Crippen molar-refractivity contribution in [1.29, 1.82) is 0 Å². The Hall–Kier alpha value is -1.57. The number of halogens is 1. The van der Waals surface area contributed by atoms with Crippen molar-refractivity contribution >= 4 is 39.9 Å². The Bertz CT molecular complexity index is 526. The van der Waals surface area contributed by atoms with Crippen molar-refractivity contribution in [2.24, 2.45) is 0 Å². The Morgan fingerprint density at radius 1 is 1.61 bits per heavy atom. The van der Waals surface area contributed by atoms with E-state index in [1.807, 2.05) is 0 Å². The molecule has 0 aliphatic heterocycles. The standard InChI is InChI=1S/C10H10ClN3O3S/c11-6-5-7(17-9(6)12-1-3-15)8(16)14-10-13-2-4-18-10/h2,4-5,12,15H,1,3H2,(H,13,14,16). The molecule has 0 aliphatic carbocycles. The van der Waals surface area contributed by atoms with Crippen LogP contribution in [0.1, 0.15) is 10.6 Å². The topological polar surface area (TPSA) is 87.4 Å². The largest absolute Gasteiger partial charge is 0.434 e. The van der Waals surface area contributed by atoms with Gasteiger partial charge < -0.3 is 14.8 Å². The van der Waals surface area contributed by atoms with E-state index in [9.17, 15) is 4.79 Å². The molecule has 0 bridgehead atoms. The van der Waals surface area contributed by atoms with Crippen LogP contribution in [0.2, 0.25) is 5.02 Å². The van der Waals surface area contributed by atoms with Crippen LogP contribution in [-0.4, -0.2) is 29.1 Å². The van der Waals surface area contributed by atoms with Crippen LogP contribution in [0.5, 0.6) is 0 Å². The number of furan rings is 1. The molecule has 0 spiro atoms. The summed E-state index contributed by atoms with van der Waals surface area (Å²) >= 11 is 7.18. The van der Waals surface area contributed by atoms with Gasteiger partial charge in [-0.05, 0) is 0 Å². The number of hydrogen-bond acceptors (Lipinski definition) is 6. The van der Waals surface area contributed by atoms with E-state index >= 15 is 0 Å². The zero-order valence-electron chi connectivity index (χ0n) is 9.14. The van der Waals surface area contributed by atoms with Crippen LogP contribution < -0.4 is 10.6 Å². The van der Waals surface area contributed by atoms with Gasteiger partial charge in [0, 0.05) is 24.2 Å².